The van der Waals surface area contributed by atoms with E-state index >= 15 is 0 Å². The van der Waals surface area contributed by atoms with E-state index in [9.17, 15) is 0 Å². The van der Waals surface area contributed by atoms with Crippen LogP contribution in [0.3, 0.4) is 0 Å². The molecular weight excluding hydrogens is 226 g/mol. The van der Waals surface area contributed by atoms with Gasteiger partial charge in [-0.05, 0) is 25.1 Å². The van der Waals surface area contributed by atoms with Crippen LogP contribution in [0.15, 0.2) is 36.4 Å². The van der Waals surface area contributed by atoms with Gasteiger partial charge >= 0.3 is 0 Å². The second kappa shape index (κ2) is 5.28. The van der Waals surface area contributed by atoms with Gasteiger partial charge < -0.3 is 15.0 Å². The van der Waals surface area contributed by atoms with E-state index in [-0.39, 0.29) is 0 Å². The Morgan fingerprint density at radius 2 is 2.06 bits per heavy atom. The molecule has 92 valence electrons. The van der Waals surface area contributed by atoms with Gasteiger partial charge in [0.05, 0.1) is 12.2 Å². The Balaban J connectivity index is 2.01. The fraction of sp³-hybridized carbons (Fsp3) is 0.214. The molecule has 0 aliphatic carbocycles. The van der Waals surface area contributed by atoms with Gasteiger partial charge in [-0.1, -0.05) is 18.2 Å². The highest BCUT2D eigenvalue weighted by Gasteiger charge is 2.08. The summed E-state index contributed by atoms with van der Waals surface area (Å²) in [6.07, 6.45) is 0. The normalized spacial score (nSPS) is 10.0. The van der Waals surface area contributed by atoms with Crippen LogP contribution in [-0.4, -0.2) is 11.2 Å². The highest BCUT2D eigenvalue weighted by molar-refractivity contribution is 5.49. The zero-order valence-electron chi connectivity index (χ0n) is 10.3. The van der Waals surface area contributed by atoms with Crippen molar-refractivity contribution in [3.63, 3.8) is 0 Å². The second-order valence-corrected chi connectivity index (χ2v) is 4.00. The van der Waals surface area contributed by atoms with Gasteiger partial charge in [0.1, 0.15) is 24.1 Å². The number of aromatic nitrogens is 1. The van der Waals surface area contributed by atoms with Crippen molar-refractivity contribution in [1.82, 2.24) is 4.57 Å². The first kappa shape index (κ1) is 12.1. The molecule has 0 unspecified atom stereocenters. The topological polar surface area (TPSA) is 64.0 Å². The van der Waals surface area contributed by atoms with Gasteiger partial charge in [-0.2, -0.15) is 5.26 Å². The number of hydrogen-bond acceptors (Lipinski definition) is 3. The third-order valence-corrected chi connectivity index (χ3v) is 2.85. The largest absolute Gasteiger partial charge is 0.492 e. The van der Waals surface area contributed by atoms with E-state index in [0.717, 1.165) is 11.4 Å². The van der Waals surface area contributed by atoms with Crippen molar-refractivity contribution in [2.75, 3.05) is 12.3 Å². The minimum atomic E-state index is 0.508. The van der Waals surface area contributed by atoms with Gasteiger partial charge in [0.15, 0.2) is 0 Å². The van der Waals surface area contributed by atoms with Gasteiger partial charge in [0, 0.05) is 5.69 Å². The lowest BCUT2D eigenvalue weighted by molar-refractivity contribution is 0.297. The van der Waals surface area contributed by atoms with Crippen LogP contribution in [0.4, 0.5) is 5.69 Å². The molecule has 18 heavy (non-hydrogen) atoms. The summed E-state index contributed by atoms with van der Waals surface area (Å²) in [5.74, 6) is 0.828. The predicted molar refractivity (Wildman–Crippen MR) is 70.2 cm³/mol. The molecule has 1 heterocycles. The molecule has 0 radical (unpaired) electrons. The van der Waals surface area contributed by atoms with E-state index in [0.29, 0.717) is 24.5 Å². The second-order valence-electron chi connectivity index (χ2n) is 4.00. The maximum atomic E-state index is 9.01. The fourth-order valence-electron chi connectivity index (χ4n) is 1.82. The number of nitriles is 1. The fourth-order valence-corrected chi connectivity index (χ4v) is 1.82. The summed E-state index contributed by atoms with van der Waals surface area (Å²) in [7, 11) is 0. The lowest BCUT2D eigenvalue weighted by Gasteiger charge is -2.09. The number of nitrogen functional groups attached to an aromatic ring is 1. The van der Waals surface area contributed by atoms with Crippen molar-refractivity contribution >= 4 is 5.69 Å². The SMILES string of the molecule is Cc1c(N)cc(C#N)n1CCOc1ccccc1. The van der Waals surface area contributed by atoms with Crippen molar-refractivity contribution in [3.05, 3.63) is 47.8 Å². The summed E-state index contributed by atoms with van der Waals surface area (Å²) in [4.78, 5) is 0. The molecule has 0 spiro atoms. The van der Waals surface area contributed by atoms with Crippen LogP contribution in [-0.2, 0) is 6.54 Å². The Morgan fingerprint density at radius 1 is 1.33 bits per heavy atom. The molecule has 0 amide bonds. The van der Waals surface area contributed by atoms with Gasteiger partial charge in [0.25, 0.3) is 0 Å². The van der Waals surface area contributed by atoms with Gasteiger partial charge in [0.2, 0.25) is 0 Å². The number of para-hydroxylation sites is 1. The quantitative estimate of drug-likeness (QED) is 0.893. The first-order valence-corrected chi connectivity index (χ1v) is 5.76. The number of hydrogen-bond donors (Lipinski definition) is 1. The molecule has 0 aliphatic rings. The molecule has 0 bridgehead atoms. The third-order valence-electron chi connectivity index (χ3n) is 2.85. The molecule has 0 fully saturated rings. The summed E-state index contributed by atoms with van der Waals surface area (Å²) in [6, 6.07) is 13.4. The molecule has 4 heteroatoms. The van der Waals surface area contributed by atoms with Crippen LogP contribution in [0.1, 0.15) is 11.4 Å². The summed E-state index contributed by atoms with van der Waals surface area (Å²) < 4.78 is 7.48. The Labute approximate surface area is 106 Å². The van der Waals surface area contributed by atoms with Crippen molar-refractivity contribution in [2.45, 2.75) is 13.5 Å². The number of anilines is 1. The van der Waals surface area contributed by atoms with E-state index in [4.69, 9.17) is 15.7 Å². The third kappa shape index (κ3) is 2.46. The highest BCUT2D eigenvalue weighted by Crippen LogP contribution is 2.17. The van der Waals surface area contributed by atoms with E-state index in [2.05, 4.69) is 6.07 Å². The number of nitrogens with zero attached hydrogens (tertiary/aromatic N) is 2. The molecule has 0 saturated carbocycles. The Bertz CT molecular complexity index is 567. The van der Waals surface area contributed by atoms with Gasteiger partial charge in [-0.15, -0.1) is 0 Å². The van der Waals surface area contributed by atoms with Crippen molar-refractivity contribution in [3.8, 4) is 11.8 Å². The Kier molecular flexibility index (Phi) is 3.54. The number of rotatable bonds is 4. The average molecular weight is 241 g/mol. The van der Waals surface area contributed by atoms with Crippen LogP contribution in [0, 0.1) is 18.3 Å². The number of ether oxygens (including phenoxy) is 1. The van der Waals surface area contributed by atoms with Crippen LogP contribution in [0.5, 0.6) is 5.75 Å². The minimum Gasteiger partial charge on any atom is -0.492 e. The molecule has 2 rings (SSSR count). The number of benzene rings is 1. The molecule has 2 N–H and O–H groups in total. The highest BCUT2D eigenvalue weighted by atomic mass is 16.5. The first-order valence-electron chi connectivity index (χ1n) is 5.76. The molecule has 0 aliphatic heterocycles. The molecule has 0 saturated heterocycles. The molecule has 1 aromatic carbocycles. The van der Waals surface area contributed by atoms with E-state index in [1.165, 1.54) is 0 Å². The molecule has 0 atom stereocenters. The monoisotopic (exact) mass is 241 g/mol. The predicted octanol–water partition coefficient (Wildman–Crippen LogP) is 2.33. The lowest BCUT2D eigenvalue weighted by atomic mass is 10.3. The summed E-state index contributed by atoms with van der Waals surface area (Å²) in [5, 5.41) is 9.01. The first-order chi connectivity index (χ1) is 8.72. The van der Waals surface area contributed by atoms with E-state index < -0.39 is 0 Å². The van der Waals surface area contributed by atoms with Crippen LogP contribution in [0.2, 0.25) is 0 Å². The average Bonchev–Trinajstić information content (AvgIpc) is 2.67. The zero-order valence-corrected chi connectivity index (χ0v) is 10.3. The maximum absolute atomic E-state index is 9.01. The standard InChI is InChI=1S/C14H15N3O/c1-11-14(16)9-12(10-15)17(11)7-8-18-13-5-3-2-4-6-13/h2-6,9H,7-8,16H2,1H3. The minimum absolute atomic E-state index is 0.508. The molecular formula is C14H15N3O. The molecule has 2 aromatic rings. The van der Waals surface area contributed by atoms with Crippen molar-refractivity contribution < 1.29 is 4.74 Å². The van der Waals surface area contributed by atoms with E-state index in [1.54, 1.807) is 6.07 Å². The summed E-state index contributed by atoms with van der Waals surface area (Å²) in [5.41, 5.74) is 7.91. The van der Waals surface area contributed by atoms with Crippen molar-refractivity contribution in [1.29, 1.82) is 5.26 Å². The summed E-state index contributed by atoms with van der Waals surface area (Å²) in [6.45, 7) is 3.02. The molecule has 4 nitrogen and oxygen atoms in total. The zero-order chi connectivity index (χ0) is 13.0. The Hall–Kier alpha value is -2.41. The van der Waals surface area contributed by atoms with Gasteiger partial charge in [-0.3, -0.25) is 0 Å². The number of nitrogens with two attached hydrogens (primary N) is 1. The van der Waals surface area contributed by atoms with Crippen LogP contribution >= 0.6 is 0 Å². The Morgan fingerprint density at radius 3 is 2.72 bits per heavy atom. The summed E-state index contributed by atoms with van der Waals surface area (Å²) >= 11 is 0. The van der Waals surface area contributed by atoms with Crippen LogP contribution < -0.4 is 10.5 Å². The maximum Gasteiger partial charge on any atom is 0.122 e. The van der Waals surface area contributed by atoms with E-state index in [1.807, 2.05) is 41.8 Å². The van der Waals surface area contributed by atoms with Crippen molar-refractivity contribution in [2.24, 2.45) is 0 Å². The smallest absolute Gasteiger partial charge is 0.122 e. The van der Waals surface area contributed by atoms with Gasteiger partial charge in [-0.25, -0.2) is 0 Å². The molecule has 1 aromatic heterocycles. The van der Waals surface area contributed by atoms with Crippen LogP contribution in [0.25, 0.3) is 0 Å². The lowest BCUT2D eigenvalue weighted by Crippen LogP contribution is -2.11.